The zero-order valence-corrected chi connectivity index (χ0v) is 10.3. The van der Waals surface area contributed by atoms with Crippen LogP contribution in [0.1, 0.15) is 25.3 Å². The topological polar surface area (TPSA) is 72.2 Å². The van der Waals surface area contributed by atoms with Crippen molar-refractivity contribution in [3.63, 3.8) is 0 Å². The number of nitrogens with one attached hydrogen (secondary N) is 1. The second-order valence-corrected chi connectivity index (χ2v) is 5.28. The summed E-state index contributed by atoms with van der Waals surface area (Å²) in [6, 6.07) is 6.62. The molecule has 0 saturated carbocycles. The number of hydrogen-bond acceptors (Lipinski definition) is 3. The van der Waals surface area contributed by atoms with E-state index in [-0.39, 0.29) is 4.90 Å². The lowest BCUT2D eigenvalue weighted by Gasteiger charge is -2.04. The summed E-state index contributed by atoms with van der Waals surface area (Å²) in [6.45, 7) is 3.88. The summed E-state index contributed by atoms with van der Waals surface area (Å²) >= 11 is 0. The molecule has 0 aliphatic carbocycles. The lowest BCUT2D eigenvalue weighted by Crippen LogP contribution is -2.15. The number of hydrogen-bond donors (Lipinski definition) is 2. The lowest BCUT2D eigenvalue weighted by molar-refractivity contribution is 0.597. The van der Waals surface area contributed by atoms with Crippen LogP contribution in [0.25, 0.3) is 0 Å². The predicted octanol–water partition coefficient (Wildman–Crippen LogP) is 1.22. The van der Waals surface area contributed by atoms with Gasteiger partial charge in [0.15, 0.2) is 0 Å². The van der Waals surface area contributed by atoms with Crippen LogP contribution in [0, 0.1) is 0 Å². The molecule has 0 aliphatic rings. The van der Waals surface area contributed by atoms with Gasteiger partial charge in [-0.25, -0.2) is 13.6 Å². The van der Waals surface area contributed by atoms with Gasteiger partial charge in [0, 0.05) is 6.54 Å². The van der Waals surface area contributed by atoms with E-state index in [4.69, 9.17) is 5.14 Å². The van der Waals surface area contributed by atoms with E-state index < -0.39 is 10.0 Å². The SMILES string of the molecule is CCCCNCc1ccc(S(N)(=O)=O)cc1. The summed E-state index contributed by atoms with van der Waals surface area (Å²) in [5, 5.41) is 8.28. The third-order valence-corrected chi connectivity index (χ3v) is 3.22. The van der Waals surface area contributed by atoms with Gasteiger partial charge in [0.1, 0.15) is 0 Å². The quantitative estimate of drug-likeness (QED) is 0.737. The Labute approximate surface area is 96.9 Å². The minimum Gasteiger partial charge on any atom is -0.313 e. The number of primary sulfonamides is 1. The largest absolute Gasteiger partial charge is 0.313 e. The molecule has 16 heavy (non-hydrogen) atoms. The Bertz CT molecular complexity index is 412. The zero-order chi connectivity index (χ0) is 12.0. The summed E-state index contributed by atoms with van der Waals surface area (Å²) in [5.74, 6) is 0. The van der Waals surface area contributed by atoms with Crippen LogP contribution in [0.2, 0.25) is 0 Å². The molecular weight excluding hydrogens is 224 g/mol. The third kappa shape index (κ3) is 4.30. The first kappa shape index (κ1) is 13.2. The van der Waals surface area contributed by atoms with Crippen LogP contribution < -0.4 is 10.5 Å². The van der Waals surface area contributed by atoms with Crippen molar-refractivity contribution in [1.29, 1.82) is 0 Å². The average molecular weight is 242 g/mol. The standard InChI is InChI=1S/C11H18N2O2S/c1-2-3-8-13-9-10-4-6-11(7-5-10)16(12,14)15/h4-7,13H,2-3,8-9H2,1H3,(H2,12,14,15). The maximum Gasteiger partial charge on any atom is 0.238 e. The molecule has 0 aliphatic heterocycles. The van der Waals surface area contributed by atoms with Crippen LogP contribution in [0.5, 0.6) is 0 Å². The highest BCUT2D eigenvalue weighted by Gasteiger charge is 2.06. The van der Waals surface area contributed by atoms with Crippen molar-refractivity contribution >= 4 is 10.0 Å². The summed E-state index contributed by atoms with van der Waals surface area (Å²) in [6.07, 6.45) is 2.31. The molecule has 90 valence electrons. The van der Waals surface area contributed by atoms with Crippen molar-refractivity contribution < 1.29 is 8.42 Å². The first-order chi connectivity index (χ1) is 7.54. The Morgan fingerprint density at radius 1 is 1.25 bits per heavy atom. The molecule has 0 aromatic heterocycles. The van der Waals surface area contributed by atoms with Crippen LogP contribution in [0.3, 0.4) is 0 Å². The fraction of sp³-hybridized carbons (Fsp3) is 0.455. The highest BCUT2D eigenvalue weighted by atomic mass is 32.2. The van der Waals surface area contributed by atoms with E-state index in [1.165, 1.54) is 12.1 Å². The van der Waals surface area contributed by atoms with Crippen LogP contribution in [-0.4, -0.2) is 15.0 Å². The summed E-state index contributed by atoms with van der Waals surface area (Å²) in [5.41, 5.74) is 1.06. The molecule has 0 spiro atoms. The predicted molar refractivity (Wildman–Crippen MR) is 64.4 cm³/mol. The number of sulfonamides is 1. The Kier molecular flexibility index (Phi) is 4.92. The molecule has 1 rings (SSSR count). The highest BCUT2D eigenvalue weighted by Crippen LogP contribution is 2.08. The zero-order valence-electron chi connectivity index (χ0n) is 9.44. The molecule has 4 nitrogen and oxygen atoms in total. The van der Waals surface area contributed by atoms with Crippen molar-refractivity contribution in [3.05, 3.63) is 29.8 Å². The minimum atomic E-state index is -3.57. The van der Waals surface area contributed by atoms with Gasteiger partial charge in [-0.15, -0.1) is 0 Å². The third-order valence-electron chi connectivity index (χ3n) is 2.29. The molecule has 0 radical (unpaired) electrons. The molecule has 0 heterocycles. The molecule has 0 bridgehead atoms. The van der Waals surface area contributed by atoms with Crippen molar-refractivity contribution in [3.8, 4) is 0 Å². The second kappa shape index (κ2) is 5.98. The minimum absolute atomic E-state index is 0.157. The van der Waals surface area contributed by atoms with Crippen LogP contribution in [0.15, 0.2) is 29.2 Å². The van der Waals surface area contributed by atoms with Gasteiger partial charge in [-0.05, 0) is 30.7 Å². The molecule has 0 atom stereocenters. The first-order valence-corrected chi connectivity index (χ1v) is 6.91. The van der Waals surface area contributed by atoms with E-state index in [9.17, 15) is 8.42 Å². The molecule has 1 aromatic carbocycles. The Balaban J connectivity index is 2.52. The van der Waals surface area contributed by atoms with Crippen LogP contribution >= 0.6 is 0 Å². The van der Waals surface area contributed by atoms with Crippen molar-refractivity contribution in [1.82, 2.24) is 5.32 Å². The monoisotopic (exact) mass is 242 g/mol. The van der Waals surface area contributed by atoms with Gasteiger partial charge in [0.25, 0.3) is 0 Å². The maximum absolute atomic E-state index is 11.0. The van der Waals surface area contributed by atoms with Gasteiger partial charge in [0.2, 0.25) is 10.0 Å². The number of nitrogens with two attached hydrogens (primary N) is 1. The van der Waals surface area contributed by atoms with Crippen molar-refractivity contribution in [2.45, 2.75) is 31.2 Å². The molecule has 0 saturated heterocycles. The van der Waals surface area contributed by atoms with E-state index in [0.29, 0.717) is 0 Å². The van der Waals surface area contributed by atoms with Gasteiger partial charge in [-0.2, -0.15) is 0 Å². The molecule has 5 heteroatoms. The Morgan fingerprint density at radius 3 is 2.38 bits per heavy atom. The number of rotatable bonds is 6. The molecule has 0 amide bonds. The van der Waals surface area contributed by atoms with Crippen molar-refractivity contribution in [2.75, 3.05) is 6.54 Å². The van der Waals surface area contributed by atoms with Gasteiger partial charge >= 0.3 is 0 Å². The summed E-state index contributed by atoms with van der Waals surface area (Å²) < 4.78 is 22.0. The summed E-state index contributed by atoms with van der Waals surface area (Å²) in [7, 11) is -3.57. The molecular formula is C11H18N2O2S. The van der Waals surface area contributed by atoms with E-state index in [0.717, 1.165) is 31.5 Å². The van der Waals surface area contributed by atoms with Gasteiger partial charge < -0.3 is 5.32 Å². The molecule has 0 fully saturated rings. The van der Waals surface area contributed by atoms with E-state index in [2.05, 4.69) is 12.2 Å². The van der Waals surface area contributed by atoms with E-state index in [1.807, 2.05) is 0 Å². The summed E-state index contributed by atoms with van der Waals surface area (Å²) in [4.78, 5) is 0.157. The molecule has 1 aromatic rings. The van der Waals surface area contributed by atoms with Crippen LogP contribution in [-0.2, 0) is 16.6 Å². The normalized spacial score (nSPS) is 11.6. The van der Waals surface area contributed by atoms with Gasteiger partial charge in [0.05, 0.1) is 4.90 Å². The highest BCUT2D eigenvalue weighted by molar-refractivity contribution is 7.89. The Morgan fingerprint density at radius 2 is 1.88 bits per heavy atom. The molecule has 0 unspecified atom stereocenters. The average Bonchev–Trinajstić information content (AvgIpc) is 2.24. The Hall–Kier alpha value is -0.910. The maximum atomic E-state index is 11.0. The fourth-order valence-corrected chi connectivity index (χ4v) is 1.85. The molecule has 3 N–H and O–H groups in total. The lowest BCUT2D eigenvalue weighted by atomic mass is 10.2. The second-order valence-electron chi connectivity index (χ2n) is 3.72. The van der Waals surface area contributed by atoms with E-state index in [1.54, 1.807) is 12.1 Å². The van der Waals surface area contributed by atoms with Crippen molar-refractivity contribution in [2.24, 2.45) is 5.14 Å². The fourth-order valence-electron chi connectivity index (χ4n) is 1.33. The number of benzene rings is 1. The van der Waals surface area contributed by atoms with Gasteiger partial charge in [-0.3, -0.25) is 0 Å². The smallest absolute Gasteiger partial charge is 0.238 e. The van der Waals surface area contributed by atoms with E-state index >= 15 is 0 Å². The first-order valence-electron chi connectivity index (χ1n) is 5.36. The number of unbranched alkanes of at least 4 members (excludes halogenated alkanes) is 1. The van der Waals surface area contributed by atoms with Gasteiger partial charge in [-0.1, -0.05) is 25.5 Å². The van der Waals surface area contributed by atoms with Crippen LogP contribution in [0.4, 0.5) is 0 Å².